The zero-order valence-electron chi connectivity index (χ0n) is 11.2. The van der Waals surface area contributed by atoms with Crippen molar-refractivity contribution in [2.75, 3.05) is 0 Å². The first-order valence-corrected chi connectivity index (χ1v) is 6.23. The van der Waals surface area contributed by atoms with Crippen molar-refractivity contribution in [3.8, 4) is 17.1 Å². The Morgan fingerprint density at radius 2 is 2.15 bits per heavy atom. The van der Waals surface area contributed by atoms with E-state index in [2.05, 4.69) is 15.2 Å². The van der Waals surface area contributed by atoms with E-state index in [0.717, 1.165) is 16.8 Å². The summed E-state index contributed by atoms with van der Waals surface area (Å²) in [4.78, 5) is 4.37. The molecule has 0 unspecified atom stereocenters. The number of aromatic hydroxyl groups is 1. The minimum absolute atomic E-state index is 0.257. The Morgan fingerprint density at radius 3 is 2.85 bits per heavy atom. The molecule has 20 heavy (non-hydrogen) atoms. The van der Waals surface area contributed by atoms with Crippen molar-refractivity contribution >= 4 is 0 Å². The summed E-state index contributed by atoms with van der Waals surface area (Å²) in [5, 5.41) is 17.6. The molecule has 0 spiro atoms. The van der Waals surface area contributed by atoms with Gasteiger partial charge in [0.05, 0.1) is 6.42 Å². The molecule has 0 atom stereocenters. The van der Waals surface area contributed by atoms with Crippen LogP contribution in [-0.2, 0) is 13.5 Å². The van der Waals surface area contributed by atoms with Crippen LogP contribution in [-0.4, -0.2) is 25.0 Å². The van der Waals surface area contributed by atoms with Gasteiger partial charge < -0.3 is 9.63 Å². The van der Waals surface area contributed by atoms with E-state index < -0.39 is 0 Å². The maximum absolute atomic E-state index is 9.52. The zero-order chi connectivity index (χ0) is 14.1. The van der Waals surface area contributed by atoms with Gasteiger partial charge in [0.2, 0.25) is 11.7 Å². The number of phenols is 1. The fourth-order valence-corrected chi connectivity index (χ4v) is 1.97. The van der Waals surface area contributed by atoms with Gasteiger partial charge in [0.25, 0.3) is 0 Å². The van der Waals surface area contributed by atoms with Crippen molar-refractivity contribution in [1.29, 1.82) is 0 Å². The minimum atomic E-state index is 0.257. The van der Waals surface area contributed by atoms with Crippen LogP contribution < -0.4 is 0 Å². The highest BCUT2D eigenvalue weighted by molar-refractivity contribution is 5.57. The average Bonchev–Trinajstić information content (AvgIpc) is 3.04. The summed E-state index contributed by atoms with van der Waals surface area (Å²) < 4.78 is 7.03. The number of nitrogens with zero attached hydrogens (tertiary/aromatic N) is 4. The summed E-state index contributed by atoms with van der Waals surface area (Å²) in [5.41, 5.74) is 2.60. The Labute approximate surface area is 115 Å². The number of aryl methyl sites for hydroxylation is 2. The topological polar surface area (TPSA) is 77.0 Å². The second-order valence-corrected chi connectivity index (χ2v) is 4.64. The largest absolute Gasteiger partial charge is 0.508 e. The quantitative estimate of drug-likeness (QED) is 0.788. The van der Waals surface area contributed by atoms with Crippen LogP contribution in [0.3, 0.4) is 0 Å². The van der Waals surface area contributed by atoms with Gasteiger partial charge in [-0.25, -0.2) is 0 Å². The number of hydrogen-bond acceptors (Lipinski definition) is 5. The van der Waals surface area contributed by atoms with Crippen molar-refractivity contribution in [3.05, 3.63) is 47.6 Å². The predicted octanol–water partition coefficient (Wildman–Crippen LogP) is 2.07. The van der Waals surface area contributed by atoms with Crippen molar-refractivity contribution in [2.24, 2.45) is 7.05 Å². The molecular formula is C14H14N4O2. The molecule has 6 nitrogen and oxygen atoms in total. The first kappa shape index (κ1) is 12.4. The van der Waals surface area contributed by atoms with E-state index >= 15 is 0 Å². The van der Waals surface area contributed by atoms with E-state index in [1.54, 1.807) is 23.0 Å². The summed E-state index contributed by atoms with van der Waals surface area (Å²) in [5.74, 6) is 1.31. The first-order chi connectivity index (χ1) is 9.63. The number of rotatable bonds is 3. The summed E-state index contributed by atoms with van der Waals surface area (Å²) in [6.07, 6.45) is 2.27. The van der Waals surface area contributed by atoms with Gasteiger partial charge in [0.1, 0.15) is 5.75 Å². The van der Waals surface area contributed by atoms with E-state index in [0.29, 0.717) is 18.1 Å². The van der Waals surface area contributed by atoms with Gasteiger partial charge in [-0.15, -0.1) is 0 Å². The Bertz CT molecular complexity index is 745. The monoisotopic (exact) mass is 270 g/mol. The second kappa shape index (κ2) is 4.80. The second-order valence-electron chi connectivity index (χ2n) is 4.64. The molecule has 0 radical (unpaired) electrons. The van der Waals surface area contributed by atoms with Gasteiger partial charge in [-0.1, -0.05) is 5.16 Å². The van der Waals surface area contributed by atoms with E-state index in [9.17, 15) is 5.11 Å². The van der Waals surface area contributed by atoms with E-state index in [-0.39, 0.29) is 5.75 Å². The van der Waals surface area contributed by atoms with Crippen molar-refractivity contribution in [1.82, 2.24) is 19.9 Å². The summed E-state index contributed by atoms with van der Waals surface area (Å²) in [6, 6.07) is 7.13. The molecule has 0 amide bonds. The SMILES string of the molecule is Cc1cc(-c2noc(Cc3ccnn3C)n2)ccc1O. The predicted molar refractivity (Wildman–Crippen MR) is 72.1 cm³/mol. The van der Waals surface area contributed by atoms with Crippen molar-refractivity contribution < 1.29 is 9.63 Å². The molecule has 0 saturated heterocycles. The highest BCUT2D eigenvalue weighted by atomic mass is 16.5. The van der Waals surface area contributed by atoms with Crippen LogP contribution in [0, 0.1) is 6.92 Å². The maximum Gasteiger partial charge on any atom is 0.232 e. The Hall–Kier alpha value is -2.63. The number of benzene rings is 1. The van der Waals surface area contributed by atoms with Crippen LogP contribution in [0.2, 0.25) is 0 Å². The standard InChI is InChI=1S/C14H14N4O2/c1-9-7-10(3-4-12(9)19)14-16-13(20-17-14)8-11-5-6-15-18(11)2/h3-7,19H,8H2,1-2H3. The number of hydrogen-bond donors (Lipinski definition) is 1. The summed E-state index contributed by atoms with van der Waals surface area (Å²) in [7, 11) is 1.87. The van der Waals surface area contributed by atoms with Crippen LogP contribution in [0.25, 0.3) is 11.4 Å². The van der Waals surface area contributed by atoms with Crippen molar-refractivity contribution in [3.63, 3.8) is 0 Å². The minimum Gasteiger partial charge on any atom is -0.508 e. The van der Waals surface area contributed by atoms with Crippen LogP contribution in [0.5, 0.6) is 5.75 Å². The smallest absolute Gasteiger partial charge is 0.232 e. The molecule has 0 aliphatic heterocycles. The van der Waals surface area contributed by atoms with Crippen LogP contribution in [0.15, 0.2) is 35.0 Å². The highest BCUT2D eigenvalue weighted by Gasteiger charge is 2.11. The summed E-state index contributed by atoms with van der Waals surface area (Å²) >= 11 is 0. The van der Waals surface area contributed by atoms with Crippen LogP contribution in [0.4, 0.5) is 0 Å². The molecule has 3 aromatic rings. The molecule has 2 aromatic heterocycles. The van der Waals surface area contributed by atoms with Crippen LogP contribution >= 0.6 is 0 Å². The lowest BCUT2D eigenvalue weighted by Crippen LogP contribution is -1.99. The van der Waals surface area contributed by atoms with Crippen molar-refractivity contribution in [2.45, 2.75) is 13.3 Å². The molecule has 6 heteroatoms. The van der Waals surface area contributed by atoms with Gasteiger partial charge in [0.15, 0.2) is 0 Å². The molecule has 102 valence electrons. The van der Waals surface area contributed by atoms with Crippen LogP contribution in [0.1, 0.15) is 17.1 Å². The van der Waals surface area contributed by atoms with E-state index in [1.807, 2.05) is 26.1 Å². The van der Waals surface area contributed by atoms with E-state index in [4.69, 9.17) is 4.52 Å². The third-order valence-electron chi connectivity index (χ3n) is 3.18. The number of aromatic nitrogens is 4. The molecular weight excluding hydrogens is 256 g/mol. The fraction of sp³-hybridized carbons (Fsp3) is 0.214. The lowest BCUT2D eigenvalue weighted by Gasteiger charge is -1.99. The lowest BCUT2D eigenvalue weighted by atomic mass is 10.1. The molecule has 3 rings (SSSR count). The third-order valence-corrected chi connectivity index (χ3v) is 3.18. The van der Waals surface area contributed by atoms with Gasteiger partial charge in [-0.05, 0) is 36.8 Å². The first-order valence-electron chi connectivity index (χ1n) is 6.23. The Morgan fingerprint density at radius 1 is 1.30 bits per heavy atom. The molecule has 0 bridgehead atoms. The summed E-state index contributed by atoms with van der Waals surface area (Å²) in [6.45, 7) is 1.83. The fourth-order valence-electron chi connectivity index (χ4n) is 1.97. The molecule has 1 aromatic carbocycles. The maximum atomic E-state index is 9.52. The van der Waals surface area contributed by atoms with Gasteiger partial charge in [-0.2, -0.15) is 10.1 Å². The molecule has 1 N–H and O–H groups in total. The normalized spacial score (nSPS) is 10.9. The number of phenolic OH excluding ortho intramolecular Hbond substituents is 1. The highest BCUT2D eigenvalue weighted by Crippen LogP contribution is 2.23. The molecule has 0 aliphatic rings. The molecule has 0 aliphatic carbocycles. The average molecular weight is 270 g/mol. The van der Waals surface area contributed by atoms with Gasteiger partial charge in [-0.3, -0.25) is 4.68 Å². The van der Waals surface area contributed by atoms with Gasteiger partial charge >= 0.3 is 0 Å². The van der Waals surface area contributed by atoms with E-state index in [1.165, 1.54) is 0 Å². The zero-order valence-corrected chi connectivity index (χ0v) is 11.2. The Balaban J connectivity index is 1.86. The molecule has 0 saturated carbocycles. The third kappa shape index (κ3) is 2.27. The molecule has 2 heterocycles. The van der Waals surface area contributed by atoms with Gasteiger partial charge in [0, 0.05) is 24.5 Å². The lowest BCUT2D eigenvalue weighted by molar-refractivity contribution is 0.383. The molecule has 0 fully saturated rings. The Kier molecular flexibility index (Phi) is 2.98.